The van der Waals surface area contributed by atoms with Crippen LogP contribution < -0.4 is 15.4 Å². The van der Waals surface area contributed by atoms with Gasteiger partial charge < -0.3 is 20.5 Å². The number of ether oxygens (including phenoxy) is 1. The van der Waals surface area contributed by atoms with Crippen LogP contribution >= 0.6 is 0 Å². The van der Waals surface area contributed by atoms with Crippen LogP contribution in [0.4, 0.5) is 5.82 Å². The highest BCUT2D eigenvalue weighted by atomic mass is 16.5. The van der Waals surface area contributed by atoms with E-state index >= 15 is 0 Å². The van der Waals surface area contributed by atoms with Crippen molar-refractivity contribution in [2.45, 2.75) is 31.7 Å². The summed E-state index contributed by atoms with van der Waals surface area (Å²) in [5.74, 6) is 0.216. The molecular formula is C32H33N3O4. The Kier molecular flexibility index (Phi) is 10.1. The van der Waals surface area contributed by atoms with Gasteiger partial charge in [-0.2, -0.15) is 0 Å². The lowest BCUT2D eigenvalue weighted by atomic mass is 10.1. The van der Waals surface area contributed by atoms with Crippen molar-refractivity contribution in [3.05, 3.63) is 114 Å². The molecule has 0 bridgehead atoms. The molecule has 1 heterocycles. The van der Waals surface area contributed by atoms with Crippen LogP contribution in [0.25, 0.3) is 11.1 Å². The van der Waals surface area contributed by atoms with Crippen molar-refractivity contribution in [3.8, 4) is 16.9 Å². The molecule has 200 valence electrons. The van der Waals surface area contributed by atoms with Gasteiger partial charge in [0, 0.05) is 24.7 Å². The number of hydrogen-bond acceptors (Lipinski definition) is 5. The average molecular weight is 524 g/mol. The minimum atomic E-state index is -1.06. The van der Waals surface area contributed by atoms with E-state index in [-0.39, 0.29) is 18.7 Å². The summed E-state index contributed by atoms with van der Waals surface area (Å²) in [6.45, 7) is 1.35. The second kappa shape index (κ2) is 14.3. The molecule has 7 heteroatoms. The number of amides is 1. The summed E-state index contributed by atoms with van der Waals surface area (Å²) in [5.41, 5.74) is 3.85. The Morgan fingerprint density at radius 1 is 0.821 bits per heavy atom. The molecule has 0 saturated carbocycles. The number of aliphatic carboxylic acids is 1. The fraction of sp³-hybridized carbons (Fsp3) is 0.219. The molecule has 39 heavy (non-hydrogen) atoms. The molecule has 3 N–H and O–H groups in total. The van der Waals surface area contributed by atoms with E-state index in [2.05, 4.69) is 33.8 Å². The summed E-state index contributed by atoms with van der Waals surface area (Å²) >= 11 is 0. The zero-order chi connectivity index (χ0) is 27.3. The van der Waals surface area contributed by atoms with E-state index in [0.29, 0.717) is 6.61 Å². The number of nitrogens with one attached hydrogen (secondary N) is 2. The SMILES string of the molecule is O=C(Cc1ccccc1)NC(Cc1ccc(OCCCCNc2ncccc2-c2ccccc2)cc1)C(=O)O. The molecule has 7 nitrogen and oxygen atoms in total. The molecule has 0 aliphatic carbocycles. The summed E-state index contributed by atoms with van der Waals surface area (Å²) in [7, 11) is 0. The topological polar surface area (TPSA) is 101 Å². The summed E-state index contributed by atoms with van der Waals surface area (Å²) in [5, 5.41) is 15.6. The van der Waals surface area contributed by atoms with Gasteiger partial charge in [-0.25, -0.2) is 9.78 Å². The zero-order valence-corrected chi connectivity index (χ0v) is 21.8. The van der Waals surface area contributed by atoms with Gasteiger partial charge in [-0.05, 0) is 53.8 Å². The van der Waals surface area contributed by atoms with Crippen LogP contribution in [0.1, 0.15) is 24.0 Å². The smallest absolute Gasteiger partial charge is 0.326 e. The van der Waals surface area contributed by atoms with E-state index in [1.165, 1.54) is 0 Å². The van der Waals surface area contributed by atoms with Gasteiger partial charge in [0.2, 0.25) is 5.91 Å². The third-order valence-electron chi connectivity index (χ3n) is 6.23. The number of hydrogen-bond donors (Lipinski definition) is 3. The first-order valence-corrected chi connectivity index (χ1v) is 13.1. The van der Waals surface area contributed by atoms with E-state index in [9.17, 15) is 14.7 Å². The normalized spacial score (nSPS) is 11.4. The maximum absolute atomic E-state index is 12.3. The van der Waals surface area contributed by atoms with Crippen LogP contribution in [0, 0.1) is 0 Å². The standard InChI is InChI=1S/C32H33N3O4/c36-30(23-24-10-3-1-4-11-24)35-29(32(37)38)22-25-15-17-27(18-16-25)39-21-8-7-19-33-31-28(14-9-20-34-31)26-12-5-2-6-13-26/h1-6,9-18,20,29H,7-8,19,21-23H2,(H,33,34)(H,35,36)(H,37,38). The molecule has 0 saturated heterocycles. The van der Waals surface area contributed by atoms with Gasteiger partial charge in [-0.1, -0.05) is 72.8 Å². The number of aromatic nitrogens is 1. The van der Waals surface area contributed by atoms with Crippen LogP contribution in [-0.2, 0) is 22.4 Å². The fourth-order valence-electron chi connectivity index (χ4n) is 4.20. The third kappa shape index (κ3) is 8.71. The number of nitrogens with zero attached hydrogens (tertiary/aromatic N) is 1. The first-order chi connectivity index (χ1) is 19.1. The first-order valence-electron chi connectivity index (χ1n) is 13.1. The van der Waals surface area contributed by atoms with Crippen molar-refractivity contribution in [1.29, 1.82) is 0 Å². The van der Waals surface area contributed by atoms with Crippen molar-refractivity contribution < 1.29 is 19.4 Å². The molecule has 0 aliphatic heterocycles. The molecule has 1 unspecified atom stereocenters. The number of pyridine rings is 1. The minimum Gasteiger partial charge on any atom is -0.494 e. The number of unbranched alkanes of at least 4 members (excludes halogenated alkanes) is 1. The first kappa shape index (κ1) is 27.4. The monoisotopic (exact) mass is 523 g/mol. The maximum Gasteiger partial charge on any atom is 0.326 e. The van der Waals surface area contributed by atoms with E-state index < -0.39 is 12.0 Å². The van der Waals surface area contributed by atoms with E-state index in [1.54, 1.807) is 6.20 Å². The van der Waals surface area contributed by atoms with Crippen LogP contribution in [0.2, 0.25) is 0 Å². The predicted molar refractivity (Wildman–Crippen MR) is 153 cm³/mol. The molecular weight excluding hydrogens is 490 g/mol. The van der Waals surface area contributed by atoms with Crippen molar-refractivity contribution >= 4 is 17.7 Å². The number of anilines is 1. The molecule has 0 radical (unpaired) electrons. The van der Waals surface area contributed by atoms with E-state index in [4.69, 9.17) is 4.74 Å². The Balaban J connectivity index is 1.18. The van der Waals surface area contributed by atoms with Crippen molar-refractivity contribution in [2.75, 3.05) is 18.5 Å². The third-order valence-corrected chi connectivity index (χ3v) is 6.23. The Hall–Kier alpha value is -4.65. The molecule has 0 spiro atoms. The van der Waals surface area contributed by atoms with Gasteiger partial charge in [-0.3, -0.25) is 4.79 Å². The number of rotatable bonds is 14. The minimum absolute atomic E-state index is 0.142. The molecule has 0 aliphatic rings. The highest BCUT2D eigenvalue weighted by Crippen LogP contribution is 2.25. The zero-order valence-electron chi connectivity index (χ0n) is 21.8. The predicted octanol–water partition coefficient (Wildman–Crippen LogP) is 5.37. The Morgan fingerprint density at radius 3 is 2.26 bits per heavy atom. The number of carboxylic acids is 1. The Morgan fingerprint density at radius 2 is 1.54 bits per heavy atom. The van der Waals surface area contributed by atoms with Crippen LogP contribution in [0.5, 0.6) is 5.75 Å². The number of carbonyl (C=O) groups is 2. The van der Waals surface area contributed by atoms with Gasteiger partial charge in [0.25, 0.3) is 0 Å². The fourth-order valence-corrected chi connectivity index (χ4v) is 4.20. The summed E-state index contributed by atoms with van der Waals surface area (Å²) in [6.07, 6.45) is 3.92. The average Bonchev–Trinajstić information content (AvgIpc) is 2.96. The number of benzene rings is 3. The van der Waals surface area contributed by atoms with Crippen LogP contribution in [0.15, 0.2) is 103 Å². The Labute approximate surface area is 228 Å². The summed E-state index contributed by atoms with van der Waals surface area (Å²) < 4.78 is 5.86. The second-order valence-electron chi connectivity index (χ2n) is 9.22. The lowest BCUT2D eigenvalue weighted by Gasteiger charge is -2.15. The van der Waals surface area contributed by atoms with E-state index in [1.807, 2.05) is 78.9 Å². The Bertz CT molecular complexity index is 1330. The molecule has 0 fully saturated rings. The number of carboxylic acid groups (broad SMARTS) is 1. The van der Waals surface area contributed by atoms with Crippen molar-refractivity contribution in [2.24, 2.45) is 0 Å². The molecule has 1 amide bonds. The largest absolute Gasteiger partial charge is 0.494 e. The molecule has 4 aromatic rings. The van der Waals surface area contributed by atoms with Crippen molar-refractivity contribution in [3.63, 3.8) is 0 Å². The molecule has 1 aromatic heterocycles. The molecule has 4 rings (SSSR count). The van der Waals surface area contributed by atoms with Crippen LogP contribution in [0.3, 0.4) is 0 Å². The second-order valence-corrected chi connectivity index (χ2v) is 9.22. The number of carbonyl (C=O) groups excluding carboxylic acids is 1. The lowest BCUT2D eigenvalue weighted by Crippen LogP contribution is -2.43. The van der Waals surface area contributed by atoms with Crippen LogP contribution in [-0.4, -0.2) is 41.2 Å². The van der Waals surface area contributed by atoms with Crippen molar-refractivity contribution in [1.82, 2.24) is 10.3 Å². The molecule has 3 aromatic carbocycles. The highest BCUT2D eigenvalue weighted by Gasteiger charge is 2.20. The maximum atomic E-state index is 12.3. The highest BCUT2D eigenvalue weighted by molar-refractivity contribution is 5.85. The summed E-state index contributed by atoms with van der Waals surface area (Å²) in [4.78, 5) is 28.5. The van der Waals surface area contributed by atoms with Gasteiger partial charge in [-0.15, -0.1) is 0 Å². The quantitative estimate of drug-likeness (QED) is 0.192. The van der Waals surface area contributed by atoms with Gasteiger partial charge >= 0.3 is 5.97 Å². The van der Waals surface area contributed by atoms with E-state index in [0.717, 1.165) is 53.2 Å². The lowest BCUT2D eigenvalue weighted by molar-refractivity contribution is -0.141. The molecule has 1 atom stereocenters. The van der Waals surface area contributed by atoms with Gasteiger partial charge in [0.1, 0.15) is 17.6 Å². The summed E-state index contributed by atoms with van der Waals surface area (Å²) in [6, 6.07) is 29.8. The van der Waals surface area contributed by atoms with Gasteiger partial charge in [0.15, 0.2) is 0 Å². The van der Waals surface area contributed by atoms with Gasteiger partial charge in [0.05, 0.1) is 13.0 Å².